The number of sulfonamides is 1. The summed E-state index contributed by atoms with van der Waals surface area (Å²) in [5.41, 5.74) is -1.61. The van der Waals surface area contributed by atoms with Crippen molar-refractivity contribution in [2.24, 2.45) is 34.0 Å². The third kappa shape index (κ3) is 9.22. The Morgan fingerprint density at radius 3 is 2.11 bits per heavy atom. The molecular formula is C38H58N6O8S. The molecule has 294 valence electrons. The number of benzene rings is 1. The maximum absolute atomic E-state index is 14.5. The summed E-state index contributed by atoms with van der Waals surface area (Å²) in [6.45, 7) is 19.1. The van der Waals surface area contributed by atoms with E-state index in [0.29, 0.717) is 25.1 Å². The SMILES string of the molecule is C=CCNC(=O)C(=O)C(NC(=O)[C@@H]1[C@@H]2[C@H](CN1C(=O)[C@@H](NC(=O)N[C@H](CN(C)S(=O)(=O)c1ccc(OC)cc1)C(C)(C)C)C(C)(C)C)C2(C)C)C1CC1. The summed E-state index contributed by atoms with van der Waals surface area (Å²) in [5, 5.41) is 11.1. The molecule has 1 heterocycles. The van der Waals surface area contributed by atoms with Gasteiger partial charge in [-0.05, 0) is 71.1 Å². The van der Waals surface area contributed by atoms with Crippen LogP contribution < -0.4 is 26.0 Å². The van der Waals surface area contributed by atoms with Crippen LogP contribution in [0.2, 0.25) is 0 Å². The number of carbonyl (C=O) groups excluding carboxylic acids is 5. The maximum Gasteiger partial charge on any atom is 0.315 e. The zero-order valence-corrected chi connectivity index (χ0v) is 33.6. The molecule has 14 nitrogen and oxygen atoms in total. The predicted molar refractivity (Wildman–Crippen MR) is 200 cm³/mol. The van der Waals surface area contributed by atoms with E-state index in [0.717, 1.165) is 0 Å². The standard InChI is InChI=1S/C38H58N6O8S/c1-12-19-39-33(47)30(45)28(22-13-14-22)41-32(46)29-27-25(38(27,8)9)20-44(29)34(48)31(37(5,6)7)42-35(49)40-26(36(2,3)4)21-43(10)53(50,51)24-17-15-23(52-11)16-18-24/h12,15-18,22,25-29,31H,1,13-14,19-21H2,2-11H3,(H,39,47)(H,41,46)(H2,40,42,49)/t25-,26+,27-,28?,29-,31+/m0/s1. The molecule has 4 N–H and O–H groups in total. The Kier molecular flexibility index (Phi) is 12.1. The third-order valence-electron chi connectivity index (χ3n) is 11.0. The molecule has 0 aromatic heterocycles. The number of urea groups is 1. The number of hydrogen-bond donors (Lipinski definition) is 4. The fraction of sp³-hybridized carbons (Fsp3) is 0.658. The smallest absolute Gasteiger partial charge is 0.315 e. The molecule has 2 aliphatic carbocycles. The summed E-state index contributed by atoms with van der Waals surface area (Å²) < 4.78 is 33.2. The van der Waals surface area contributed by atoms with Crippen LogP contribution in [0.5, 0.6) is 5.75 Å². The maximum atomic E-state index is 14.5. The van der Waals surface area contributed by atoms with Gasteiger partial charge < -0.3 is 30.9 Å². The van der Waals surface area contributed by atoms with Crippen molar-refractivity contribution >= 4 is 39.6 Å². The van der Waals surface area contributed by atoms with E-state index in [1.165, 1.54) is 41.6 Å². The second-order valence-electron chi connectivity index (χ2n) is 17.4. The number of ether oxygens (including phenoxy) is 1. The van der Waals surface area contributed by atoms with Gasteiger partial charge in [-0.3, -0.25) is 19.2 Å². The molecule has 4 rings (SSSR count). The Hall–Kier alpha value is -3.98. The molecule has 1 unspecified atom stereocenters. The second kappa shape index (κ2) is 15.4. The van der Waals surface area contributed by atoms with Crippen molar-refractivity contribution in [3.05, 3.63) is 36.9 Å². The van der Waals surface area contributed by atoms with Gasteiger partial charge >= 0.3 is 6.03 Å². The fourth-order valence-corrected chi connectivity index (χ4v) is 8.42. The summed E-state index contributed by atoms with van der Waals surface area (Å²) in [5.74, 6) is -2.25. The van der Waals surface area contributed by atoms with Crippen molar-refractivity contribution in [3.8, 4) is 5.75 Å². The largest absolute Gasteiger partial charge is 0.497 e. The van der Waals surface area contributed by atoms with Crippen molar-refractivity contribution in [2.75, 3.05) is 33.8 Å². The number of hydrogen-bond acceptors (Lipinski definition) is 8. The lowest BCUT2D eigenvalue weighted by Gasteiger charge is -2.39. The zero-order valence-electron chi connectivity index (χ0n) is 32.7. The number of Topliss-reactive ketones (excluding diaryl/α,β-unsaturated/α-hetero) is 1. The van der Waals surface area contributed by atoms with Gasteiger partial charge in [0, 0.05) is 32.7 Å². The van der Waals surface area contributed by atoms with Crippen LogP contribution in [0.1, 0.15) is 68.2 Å². The van der Waals surface area contributed by atoms with Gasteiger partial charge in [0.2, 0.25) is 27.6 Å². The molecule has 0 radical (unpaired) electrons. The summed E-state index contributed by atoms with van der Waals surface area (Å²) in [6, 6.07) is 1.73. The van der Waals surface area contributed by atoms with Crippen molar-refractivity contribution in [1.82, 2.24) is 30.5 Å². The van der Waals surface area contributed by atoms with Crippen LogP contribution in [0.4, 0.5) is 4.79 Å². The number of rotatable bonds is 15. The van der Waals surface area contributed by atoms with Crippen LogP contribution in [0, 0.1) is 34.0 Å². The van der Waals surface area contributed by atoms with Gasteiger partial charge in [-0.15, -0.1) is 6.58 Å². The Morgan fingerprint density at radius 2 is 1.60 bits per heavy atom. The first-order valence-corrected chi connectivity index (χ1v) is 19.6. The monoisotopic (exact) mass is 758 g/mol. The summed E-state index contributed by atoms with van der Waals surface area (Å²) >= 11 is 0. The summed E-state index contributed by atoms with van der Waals surface area (Å²) in [7, 11) is -0.979. The van der Waals surface area contributed by atoms with Crippen molar-refractivity contribution in [3.63, 3.8) is 0 Å². The van der Waals surface area contributed by atoms with E-state index in [1.807, 2.05) is 55.4 Å². The van der Waals surface area contributed by atoms with Crippen molar-refractivity contribution in [2.45, 2.75) is 97.3 Å². The molecule has 1 aliphatic heterocycles. The first kappa shape index (κ1) is 41.8. The molecule has 3 fully saturated rings. The lowest BCUT2D eigenvalue weighted by molar-refractivity contribution is -0.145. The highest BCUT2D eigenvalue weighted by Crippen LogP contribution is 2.65. The molecule has 3 aliphatic rings. The average molecular weight is 759 g/mol. The van der Waals surface area contributed by atoms with E-state index in [2.05, 4.69) is 27.8 Å². The van der Waals surface area contributed by atoms with Gasteiger partial charge in [0.05, 0.1) is 12.0 Å². The number of likely N-dealkylation sites (N-methyl/N-ethyl adjacent to an activating group) is 1. The van der Waals surface area contributed by atoms with E-state index < -0.39 is 74.6 Å². The average Bonchev–Trinajstić information content (AvgIpc) is 3.95. The summed E-state index contributed by atoms with van der Waals surface area (Å²) in [6.07, 6.45) is 2.85. The normalized spacial score (nSPS) is 22.5. The van der Waals surface area contributed by atoms with E-state index >= 15 is 0 Å². The molecule has 6 atom stereocenters. The molecule has 1 aromatic rings. The molecule has 0 spiro atoms. The van der Waals surface area contributed by atoms with Crippen LogP contribution in [-0.2, 0) is 29.2 Å². The quantitative estimate of drug-likeness (QED) is 0.156. The molecule has 5 amide bonds. The third-order valence-corrected chi connectivity index (χ3v) is 12.8. The van der Waals surface area contributed by atoms with Gasteiger partial charge in [-0.1, -0.05) is 61.5 Å². The van der Waals surface area contributed by atoms with E-state index in [-0.39, 0.29) is 41.2 Å². The summed E-state index contributed by atoms with van der Waals surface area (Å²) in [4.78, 5) is 69.5. The topological polar surface area (TPSA) is 183 Å². The number of ketones is 1. The Labute approximate surface area is 314 Å². The number of fused-ring (bicyclic) bond motifs is 1. The lowest BCUT2D eigenvalue weighted by atomic mass is 9.85. The van der Waals surface area contributed by atoms with E-state index in [4.69, 9.17) is 4.74 Å². The molecule has 1 aromatic carbocycles. The number of piperidine rings is 1. The zero-order chi connectivity index (χ0) is 39.8. The van der Waals surface area contributed by atoms with Crippen LogP contribution in [-0.4, -0.2) is 105 Å². The highest BCUT2D eigenvalue weighted by atomic mass is 32.2. The lowest BCUT2D eigenvalue weighted by Crippen LogP contribution is -2.63. The minimum atomic E-state index is -3.92. The van der Waals surface area contributed by atoms with E-state index in [9.17, 15) is 32.4 Å². The molecule has 53 heavy (non-hydrogen) atoms. The van der Waals surface area contributed by atoms with Gasteiger partial charge in [0.15, 0.2) is 0 Å². The minimum absolute atomic E-state index is 0.0380. The van der Waals surface area contributed by atoms with Gasteiger partial charge in [-0.2, -0.15) is 4.31 Å². The van der Waals surface area contributed by atoms with E-state index in [1.54, 1.807) is 12.1 Å². The first-order valence-electron chi connectivity index (χ1n) is 18.2. The highest BCUT2D eigenvalue weighted by Gasteiger charge is 2.70. The van der Waals surface area contributed by atoms with Crippen LogP contribution >= 0.6 is 0 Å². The number of methoxy groups -OCH3 is 1. The van der Waals surface area contributed by atoms with Crippen LogP contribution in [0.3, 0.4) is 0 Å². The molecule has 1 saturated heterocycles. The van der Waals surface area contributed by atoms with Gasteiger partial charge in [-0.25, -0.2) is 13.2 Å². The van der Waals surface area contributed by atoms with Crippen LogP contribution in [0.25, 0.3) is 0 Å². The number of likely N-dealkylation sites (tertiary alicyclic amines) is 1. The number of nitrogens with one attached hydrogen (secondary N) is 4. The predicted octanol–water partition coefficient (Wildman–Crippen LogP) is 2.69. The van der Waals surface area contributed by atoms with Crippen molar-refractivity contribution < 1.29 is 37.1 Å². The van der Waals surface area contributed by atoms with Gasteiger partial charge in [0.25, 0.3) is 5.91 Å². The first-order chi connectivity index (χ1) is 24.5. The Bertz CT molecular complexity index is 1690. The number of carbonyl (C=O) groups is 5. The molecule has 2 saturated carbocycles. The minimum Gasteiger partial charge on any atom is -0.497 e. The highest BCUT2D eigenvalue weighted by molar-refractivity contribution is 7.89. The fourth-order valence-electron chi connectivity index (χ4n) is 7.24. The Balaban J connectivity index is 1.52. The number of nitrogens with zero attached hydrogens (tertiary/aromatic N) is 2. The van der Waals surface area contributed by atoms with Crippen LogP contribution in [0.15, 0.2) is 41.8 Å². The Morgan fingerprint density at radius 1 is 1.00 bits per heavy atom. The van der Waals surface area contributed by atoms with Gasteiger partial charge in [0.1, 0.15) is 23.9 Å². The molecule has 0 bridgehead atoms. The van der Waals surface area contributed by atoms with Crippen molar-refractivity contribution in [1.29, 1.82) is 0 Å². The molecular weight excluding hydrogens is 701 g/mol. The number of amides is 5. The molecule has 15 heteroatoms. The second-order valence-corrected chi connectivity index (χ2v) is 19.4.